The van der Waals surface area contributed by atoms with Gasteiger partial charge in [0, 0.05) is 37.7 Å². The van der Waals surface area contributed by atoms with E-state index in [1.54, 1.807) is 0 Å². The summed E-state index contributed by atoms with van der Waals surface area (Å²) in [7, 11) is 0. The largest absolute Gasteiger partial charge is 0.412 e. The van der Waals surface area contributed by atoms with E-state index in [1.165, 1.54) is 0 Å². The summed E-state index contributed by atoms with van der Waals surface area (Å²) in [6.45, 7) is 0. The summed E-state index contributed by atoms with van der Waals surface area (Å²) in [5, 5.41) is 13.6. The molecule has 0 saturated heterocycles. The van der Waals surface area contributed by atoms with Gasteiger partial charge in [0.15, 0.2) is 0 Å². The molecule has 0 amide bonds. The van der Waals surface area contributed by atoms with Gasteiger partial charge < -0.3 is 10.7 Å². The molecule has 0 spiro atoms. The minimum Gasteiger partial charge on any atom is -0.412 e. The summed E-state index contributed by atoms with van der Waals surface area (Å²) >= 11 is 0. The molecule has 0 aromatic heterocycles. The summed E-state index contributed by atoms with van der Waals surface area (Å²) < 4.78 is 0. The fourth-order valence-electron chi connectivity index (χ4n) is 0. The van der Waals surface area contributed by atoms with E-state index in [1.807, 2.05) is 0 Å². The number of rotatable bonds is 0. The van der Waals surface area contributed by atoms with Crippen LogP contribution < -0.4 is 0 Å². The Labute approximate surface area is 63.4 Å². The van der Waals surface area contributed by atoms with Gasteiger partial charge in [0.25, 0.3) is 5.09 Å². The van der Waals surface area contributed by atoms with Gasteiger partial charge in [0.1, 0.15) is 0 Å². The first kappa shape index (κ1) is 16.1. The van der Waals surface area contributed by atoms with Gasteiger partial charge in [-0.05, 0) is 0 Å². The molecule has 0 aliphatic rings. The van der Waals surface area contributed by atoms with Crippen LogP contribution in [0.15, 0.2) is 0 Å². The second-order valence-electron chi connectivity index (χ2n) is 0.238. The molecule has 0 aliphatic heterocycles. The van der Waals surface area contributed by atoms with E-state index in [2.05, 4.69) is 0 Å². The molecular formula is H3HoNO4. The smallest absolute Gasteiger partial charge is 0.291 e. The van der Waals surface area contributed by atoms with E-state index in [4.69, 9.17) is 15.3 Å². The fourth-order valence-corrected chi connectivity index (χ4v) is 0. The zero-order valence-corrected chi connectivity index (χ0v) is 4.45. The fraction of sp³-hybridized carbons (Fsp3) is 0. The van der Waals surface area contributed by atoms with Gasteiger partial charge in [-0.15, -0.1) is 10.1 Å². The second kappa shape index (κ2) is 9.05. The van der Waals surface area contributed by atoms with E-state index >= 15 is 0 Å². The maximum Gasteiger partial charge on any atom is 0.291 e. The summed E-state index contributed by atoms with van der Waals surface area (Å²) in [5.74, 6) is 0. The molecule has 0 fully saturated rings. The van der Waals surface area contributed by atoms with E-state index in [9.17, 15) is 0 Å². The predicted octanol–water partition coefficient (Wildman–Crippen LogP) is -1.17. The number of hydrogen-bond donors (Lipinski definition) is 1. The van der Waals surface area contributed by atoms with Crippen LogP contribution in [-0.2, 0) is 0 Å². The van der Waals surface area contributed by atoms with Crippen LogP contribution in [0.4, 0.5) is 0 Å². The third kappa shape index (κ3) is 293. The molecule has 5 nitrogen and oxygen atoms in total. The maximum atomic E-state index is 8.36. The van der Waals surface area contributed by atoms with E-state index < -0.39 is 5.09 Å². The Morgan fingerprint density at radius 2 is 1.67 bits per heavy atom. The molecule has 43 valence electrons. The van der Waals surface area contributed by atoms with Crippen molar-refractivity contribution in [1.29, 1.82) is 0 Å². The van der Waals surface area contributed by atoms with E-state index in [0.717, 1.165) is 0 Å². The Balaban J connectivity index is -0.0000000450. The molecule has 0 atom stereocenters. The Hall–Kier alpha value is 0.420. The van der Waals surface area contributed by atoms with E-state index in [0.29, 0.717) is 0 Å². The van der Waals surface area contributed by atoms with Crippen molar-refractivity contribution in [2.75, 3.05) is 0 Å². The standard InChI is InChI=1S/Ho.HNO3.H2O/c;2-1(3)4;/h;(H,2,3,4);1H2. The summed E-state index contributed by atoms with van der Waals surface area (Å²) in [6.07, 6.45) is 0. The molecule has 6 heteroatoms. The quantitative estimate of drug-likeness (QED) is 0.331. The maximum absolute atomic E-state index is 8.36. The van der Waals surface area contributed by atoms with Crippen LogP contribution in [0.2, 0.25) is 0 Å². The third-order valence-electron chi connectivity index (χ3n) is 0. The number of hydrogen-bond acceptors (Lipinski definition) is 2. The Kier molecular flexibility index (Phi) is 24.3. The molecule has 0 saturated carbocycles. The first-order valence-corrected chi connectivity index (χ1v) is 0.565. The SMILES string of the molecule is O.O=[N+]([O-])O.[Ho]. The third-order valence-corrected chi connectivity index (χ3v) is 0. The van der Waals surface area contributed by atoms with Crippen LogP contribution in [0.25, 0.3) is 0 Å². The van der Waals surface area contributed by atoms with Crippen molar-refractivity contribution in [3.8, 4) is 0 Å². The Morgan fingerprint density at radius 3 is 1.67 bits per heavy atom. The van der Waals surface area contributed by atoms with E-state index in [-0.39, 0.29) is 43.2 Å². The molecule has 0 aliphatic carbocycles. The molecule has 6 heavy (non-hydrogen) atoms. The van der Waals surface area contributed by atoms with Gasteiger partial charge in [-0.3, -0.25) is 0 Å². The molecule has 0 rings (SSSR count). The molecule has 0 aromatic carbocycles. The summed E-state index contributed by atoms with van der Waals surface area (Å²) in [5.41, 5.74) is 0. The van der Waals surface area contributed by atoms with Crippen molar-refractivity contribution < 1.29 is 53.5 Å². The van der Waals surface area contributed by atoms with Crippen LogP contribution in [0, 0.1) is 47.9 Å². The Bertz CT molecular complexity index is 30.5. The molecule has 1 radical (unpaired) electrons. The average Bonchev–Trinajstić information content (AvgIpc) is 0.811. The minimum absolute atomic E-state index is 0. The van der Waals surface area contributed by atoms with Gasteiger partial charge >= 0.3 is 0 Å². The van der Waals surface area contributed by atoms with Gasteiger partial charge in [-0.1, -0.05) is 0 Å². The zero-order chi connectivity index (χ0) is 3.58. The minimum atomic E-state index is -1.50. The van der Waals surface area contributed by atoms with Crippen molar-refractivity contribution in [2.45, 2.75) is 0 Å². The van der Waals surface area contributed by atoms with Crippen molar-refractivity contribution in [1.82, 2.24) is 0 Å². The first-order chi connectivity index (χ1) is 1.73. The number of nitrogens with zero attached hydrogens (tertiary/aromatic N) is 1. The van der Waals surface area contributed by atoms with Gasteiger partial charge in [-0.25, -0.2) is 0 Å². The van der Waals surface area contributed by atoms with Gasteiger partial charge in [-0.2, -0.15) is 0 Å². The molecule has 0 aromatic rings. The Morgan fingerprint density at radius 1 is 1.67 bits per heavy atom. The van der Waals surface area contributed by atoms with Gasteiger partial charge in [0.2, 0.25) is 0 Å². The molecule has 0 unspecified atom stereocenters. The van der Waals surface area contributed by atoms with Crippen molar-refractivity contribution >= 4 is 0 Å². The van der Waals surface area contributed by atoms with Crippen LogP contribution in [0.1, 0.15) is 0 Å². The molecule has 3 N–H and O–H groups in total. The van der Waals surface area contributed by atoms with Crippen LogP contribution in [0.5, 0.6) is 0 Å². The second-order valence-corrected chi connectivity index (χ2v) is 0.238. The summed E-state index contributed by atoms with van der Waals surface area (Å²) in [4.78, 5) is 8.36. The van der Waals surface area contributed by atoms with Crippen molar-refractivity contribution in [2.24, 2.45) is 0 Å². The average molecular weight is 246 g/mol. The molecule has 0 heterocycles. The van der Waals surface area contributed by atoms with Crippen LogP contribution in [-0.4, -0.2) is 15.8 Å². The monoisotopic (exact) mass is 246 g/mol. The molecular weight excluding hydrogens is 243 g/mol. The summed E-state index contributed by atoms with van der Waals surface area (Å²) in [6, 6.07) is 0. The predicted molar refractivity (Wildman–Crippen MR) is 12.4 cm³/mol. The van der Waals surface area contributed by atoms with Crippen LogP contribution >= 0.6 is 0 Å². The topological polar surface area (TPSA) is 94.9 Å². The van der Waals surface area contributed by atoms with Crippen LogP contribution in [0.3, 0.4) is 0 Å². The van der Waals surface area contributed by atoms with Crippen molar-refractivity contribution in [3.63, 3.8) is 0 Å². The normalized spacial score (nSPS) is 4.00. The molecule has 0 bridgehead atoms. The first-order valence-electron chi connectivity index (χ1n) is 0.565. The zero-order valence-electron chi connectivity index (χ0n) is 2.51. The van der Waals surface area contributed by atoms with Gasteiger partial charge in [0.05, 0.1) is 0 Å². The van der Waals surface area contributed by atoms with Crippen molar-refractivity contribution in [3.05, 3.63) is 10.1 Å².